The summed E-state index contributed by atoms with van der Waals surface area (Å²) >= 11 is 0. The topological polar surface area (TPSA) is 78.9 Å². The molecular weight excluding hydrogens is 685 g/mol. The van der Waals surface area contributed by atoms with Gasteiger partial charge in [0, 0.05) is 19.3 Å². The van der Waals surface area contributed by atoms with Crippen LogP contribution in [0.15, 0.2) is 0 Å². The van der Waals surface area contributed by atoms with Gasteiger partial charge in [-0.3, -0.25) is 14.4 Å². The maximum atomic E-state index is 12.7. The molecule has 0 N–H and O–H groups in total. The highest BCUT2D eigenvalue weighted by Crippen LogP contribution is 2.17. The lowest BCUT2D eigenvalue weighted by Gasteiger charge is -2.18. The van der Waals surface area contributed by atoms with E-state index in [0.29, 0.717) is 19.3 Å². The van der Waals surface area contributed by atoms with E-state index in [2.05, 4.69) is 41.5 Å². The SMILES string of the molecule is CCC(C)CCCCCCCCCCCCC(=O)OC[C@H](COC(=O)CCCCCCCCCCCCC(C)C)OC(=O)CCCCCCCCCC(C)C. The minimum Gasteiger partial charge on any atom is -0.462 e. The van der Waals surface area contributed by atoms with Crippen molar-refractivity contribution in [3.63, 3.8) is 0 Å². The molecule has 55 heavy (non-hydrogen) atoms. The van der Waals surface area contributed by atoms with Crippen LogP contribution in [0.5, 0.6) is 0 Å². The fraction of sp³-hybridized carbons (Fsp3) is 0.939. The van der Waals surface area contributed by atoms with Crippen molar-refractivity contribution in [2.24, 2.45) is 17.8 Å². The molecule has 0 aromatic carbocycles. The van der Waals surface area contributed by atoms with Gasteiger partial charge in [-0.2, -0.15) is 0 Å². The highest BCUT2D eigenvalue weighted by atomic mass is 16.6. The average Bonchev–Trinajstić information content (AvgIpc) is 3.15. The van der Waals surface area contributed by atoms with Gasteiger partial charge in [0.2, 0.25) is 0 Å². The third-order valence-electron chi connectivity index (χ3n) is 11.3. The number of rotatable bonds is 42. The molecule has 0 aromatic heterocycles. The first kappa shape index (κ1) is 53.4. The molecule has 0 fully saturated rings. The number of hydrogen-bond donors (Lipinski definition) is 0. The first-order valence-electron chi connectivity index (χ1n) is 24.1. The molecule has 0 aliphatic heterocycles. The van der Waals surface area contributed by atoms with Gasteiger partial charge in [0.25, 0.3) is 0 Å². The van der Waals surface area contributed by atoms with Crippen LogP contribution >= 0.6 is 0 Å². The Bertz CT molecular complexity index is 854. The van der Waals surface area contributed by atoms with E-state index in [9.17, 15) is 14.4 Å². The lowest BCUT2D eigenvalue weighted by Crippen LogP contribution is -2.30. The third kappa shape index (κ3) is 41.9. The number of carbonyl (C=O) groups excluding carboxylic acids is 3. The quantitative estimate of drug-likeness (QED) is 0.0349. The molecule has 1 unspecified atom stereocenters. The van der Waals surface area contributed by atoms with Gasteiger partial charge < -0.3 is 14.2 Å². The second-order valence-electron chi connectivity index (χ2n) is 17.9. The molecular formula is C49H94O6. The van der Waals surface area contributed by atoms with E-state index < -0.39 is 6.10 Å². The molecule has 0 aliphatic rings. The van der Waals surface area contributed by atoms with Gasteiger partial charge >= 0.3 is 17.9 Å². The lowest BCUT2D eigenvalue weighted by atomic mass is 9.99. The van der Waals surface area contributed by atoms with Crippen LogP contribution in [0.1, 0.15) is 260 Å². The molecule has 0 spiro atoms. The fourth-order valence-electron chi connectivity index (χ4n) is 7.20. The van der Waals surface area contributed by atoms with Crippen LogP contribution in [0.4, 0.5) is 0 Å². The third-order valence-corrected chi connectivity index (χ3v) is 11.3. The Hall–Kier alpha value is -1.59. The molecule has 0 saturated carbocycles. The van der Waals surface area contributed by atoms with Gasteiger partial charge in [0.15, 0.2) is 6.10 Å². The van der Waals surface area contributed by atoms with Crippen molar-refractivity contribution >= 4 is 17.9 Å². The van der Waals surface area contributed by atoms with Crippen molar-refractivity contribution in [2.45, 2.75) is 266 Å². The number of ether oxygens (including phenoxy) is 3. The maximum Gasteiger partial charge on any atom is 0.306 e. The smallest absolute Gasteiger partial charge is 0.306 e. The summed E-state index contributed by atoms with van der Waals surface area (Å²) in [5.41, 5.74) is 0. The summed E-state index contributed by atoms with van der Waals surface area (Å²) in [6.45, 7) is 13.7. The van der Waals surface area contributed by atoms with Crippen LogP contribution in [-0.4, -0.2) is 37.2 Å². The summed E-state index contributed by atoms with van der Waals surface area (Å²) in [6, 6.07) is 0. The second-order valence-corrected chi connectivity index (χ2v) is 17.9. The normalized spacial score (nSPS) is 12.7. The van der Waals surface area contributed by atoms with E-state index in [1.54, 1.807) is 0 Å². The van der Waals surface area contributed by atoms with Crippen LogP contribution in [0.2, 0.25) is 0 Å². The molecule has 0 heterocycles. The molecule has 0 rings (SSSR count). The van der Waals surface area contributed by atoms with Crippen LogP contribution in [0, 0.1) is 17.8 Å². The molecule has 0 bridgehead atoms. The lowest BCUT2D eigenvalue weighted by molar-refractivity contribution is -0.167. The van der Waals surface area contributed by atoms with Crippen molar-refractivity contribution in [1.29, 1.82) is 0 Å². The molecule has 0 aliphatic carbocycles. The molecule has 0 amide bonds. The molecule has 0 aromatic rings. The Morgan fingerprint density at radius 1 is 0.364 bits per heavy atom. The van der Waals surface area contributed by atoms with Crippen molar-refractivity contribution < 1.29 is 28.6 Å². The maximum absolute atomic E-state index is 12.7. The zero-order valence-electron chi connectivity index (χ0n) is 37.7. The van der Waals surface area contributed by atoms with Crippen molar-refractivity contribution in [3.05, 3.63) is 0 Å². The Labute approximate surface area is 342 Å². The number of carbonyl (C=O) groups is 3. The van der Waals surface area contributed by atoms with Crippen LogP contribution < -0.4 is 0 Å². The molecule has 0 radical (unpaired) electrons. The van der Waals surface area contributed by atoms with Crippen molar-refractivity contribution in [2.75, 3.05) is 13.2 Å². The van der Waals surface area contributed by atoms with Gasteiger partial charge in [0.05, 0.1) is 0 Å². The Morgan fingerprint density at radius 3 is 0.945 bits per heavy atom. The van der Waals surface area contributed by atoms with E-state index in [0.717, 1.165) is 75.5 Å². The Kier molecular flexibility index (Phi) is 39.4. The van der Waals surface area contributed by atoms with E-state index in [1.165, 1.54) is 141 Å². The van der Waals surface area contributed by atoms with Gasteiger partial charge in [-0.25, -0.2) is 0 Å². The highest BCUT2D eigenvalue weighted by molar-refractivity contribution is 5.71. The van der Waals surface area contributed by atoms with Crippen LogP contribution in [0.25, 0.3) is 0 Å². The summed E-state index contributed by atoms with van der Waals surface area (Å²) in [5.74, 6) is 1.60. The van der Waals surface area contributed by atoms with E-state index in [4.69, 9.17) is 14.2 Å². The highest BCUT2D eigenvalue weighted by Gasteiger charge is 2.19. The number of hydrogen-bond acceptors (Lipinski definition) is 6. The van der Waals surface area contributed by atoms with Crippen LogP contribution in [0.3, 0.4) is 0 Å². The zero-order valence-corrected chi connectivity index (χ0v) is 37.7. The largest absolute Gasteiger partial charge is 0.462 e. The molecule has 326 valence electrons. The first-order chi connectivity index (χ1) is 26.6. The van der Waals surface area contributed by atoms with Gasteiger partial charge in [-0.1, -0.05) is 221 Å². The number of unbranched alkanes of at least 4 members (excludes halogenated alkanes) is 24. The summed E-state index contributed by atoms with van der Waals surface area (Å²) < 4.78 is 16.7. The molecule has 0 saturated heterocycles. The predicted molar refractivity (Wildman–Crippen MR) is 233 cm³/mol. The Balaban J connectivity index is 4.32. The van der Waals surface area contributed by atoms with Gasteiger partial charge in [-0.15, -0.1) is 0 Å². The van der Waals surface area contributed by atoms with Gasteiger partial charge in [0.1, 0.15) is 13.2 Å². The van der Waals surface area contributed by atoms with Crippen molar-refractivity contribution in [1.82, 2.24) is 0 Å². The molecule has 6 heteroatoms. The summed E-state index contributed by atoms with van der Waals surface area (Å²) in [6.07, 6.45) is 38.0. The van der Waals surface area contributed by atoms with E-state index in [-0.39, 0.29) is 31.1 Å². The summed E-state index contributed by atoms with van der Waals surface area (Å²) in [7, 11) is 0. The standard InChI is InChI=1S/C49H94O6/c1-7-45(6)37-31-25-19-13-9-11-15-21-27-33-39-48(51)54-42-46(55-49(52)40-34-28-22-16-18-24-30-36-44(4)5)41-53-47(50)38-32-26-20-14-10-8-12-17-23-29-35-43(2)3/h43-46H,7-42H2,1-6H3/t45?,46-/m0/s1. The minimum atomic E-state index is -0.762. The van der Waals surface area contributed by atoms with E-state index >= 15 is 0 Å². The zero-order chi connectivity index (χ0) is 40.6. The number of esters is 3. The fourth-order valence-corrected chi connectivity index (χ4v) is 7.20. The first-order valence-corrected chi connectivity index (χ1v) is 24.1. The van der Waals surface area contributed by atoms with E-state index in [1.807, 2.05) is 0 Å². The minimum absolute atomic E-state index is 0.0662. The summed E-state index contributed by atoms with van der Waals surface area (Å²) in [5, 5.41) is 0. The van der Waals surface area contributed by atoms with Crippen LogP contribution in [-0.2, 0) is 28.6 Å². The second kappa shape index (κ2) is 40.6. The average molecular weight is 779 g/mol. The summed E-state index contributed by atoms with van der Waals surface area (Å²) in [4.78, 5) is 37.8. The van der Waals surface area contributed by atoms with Crippen molar-refractivity contribution in [3.8, 4) is 0 Å². The monoisotopic (exact) mass is 779 g/mol. The molecule has 6 nitrogen and oxygen atoms in total. The van der Waals surface area contributed by atoms with Gasteiger partial charge in [-0.05, 0) is 37.0 Å². The predicted octanol–water partition coefficient (Wildman–Crippen LogP) is 15.2. The Morgan fingerprint density at radius 2 is 0.636 bits per heavy atom. The molecule has 2 atom stereocenters.